The third-order valence-corrected chi connectivity index (χ3v) is 6.03. The van der Waals surface area contributed by atoms with Gasteiger partial charge in [-0.2, -0.15) is 0 Å². The maximum absolute atomic E-state index is 11.2. The molecule has 2 aromatic carbocycles. The lowest BCUT2D eigenvalue weighted by Crippen LogP contribution is -2.24. The number of benzene rings is 2. The standard InChI is InChI=1S/C26H29NO2/c1-19(28)16-22-6-4-20(5-7-22)2-3-21-8-11-25(12-9-21)29-26-13-10-24-18-27-15-14-23(24)17-26/h4-7,10,13-15,17-18,21,25H,2-3,8-9,11-12,16H2,1H3. The maximum Gasteiger partial charge on any atom is 0.134 e. The Hall–Kier alpha value is -2.68. The number of carbonyl (C=O) groups excluding carboxylic acids is 1. The van der Waals surface area contributed by atoms with Crippen LogP contribution in [0, 0.1) is 5.92 Å². The van der Waals surface area contributed by atoms with E-state index < -0.39 is 0 Å². The lowest BCUT2D eigenvalue weighted by atomic mass is 9.83. The van der Waals surface area contributed by atoms with Gasteiger partial charge < -0.3 is 4.74 Å². The number of ketones is 1. The largest absolute Gasteiger partial charge is 0.490 e. The van der Waals surface area contributed by atoms with Gasteiger partial charge in [-0.3, -0.25) is 9.78 Å². The molecule has 0 saturated heterocycles. The van der Waals surface area contributed by atoms with Crippen LogP contribution in [-0.4, -0.2) is 16.9 Å². The Bertz CT molecular complexity index is 956. The zero-order chi connectivity index (χ0) is 20.1. The van der Waals surface area contributed by atoms with Crippen LogP contribution >= 0.6 is 0 Å². The number of rotatable bonds is 7. The van der Waals surface area contributed by atoms with Crippen LogP contribution in [0.4, 0.5) is 0 Å². The van der Waals surface area contributed by atoms with E-state index in [1.54, 1.807) is 6.92 Å². The van der Waals surface area contributed by atoms with Gasteiger partial charge in [-0.15, -0.1) is 0 Å². The highest BCUT2D eigenvalue weighted by molar-refractivity contribution is 5.82. The molecule has 0 bridgehead atoms. The maximum atomic E-state index is 11.2. The van der Waals surface area contributed by atoms with Gasteiger partial charge in [-0.05, 0) is 92.1 Å². The number of pyridine rings is 1. The van der Waals surface area contributed by atoms with Gasteiger partial charge in [0.1, 0.15) is 11.5 Å². The first-order valence-electron chi connectivity index (χ1n) is 10.7. The summed E-state index contributed by atoms with van der Waals surface area (Å²) < 4.78 is 6.27. The molecule has 1 aliphatic carbocycles. The quantitative estimate of drug-likeness (QED) is 0.504. The Morgan fingerprint density at radius 3 is 2.48 bits per heavy atom. The lowest BCUT2D eigenvalue weighted by molar-refractivity contribution is -0.116. The van der Waals surface area contributed by atoms with E-state index in [1.807, 2.05) is 18.5 Å². The minimum Gasteiger partial charge on any atom is -0.490 e. The van der Waals surface area contributed by atoms with Crippen molar-refractivity contribution in [3.8, 4) is 5.75 Å². The molecule has 1 heterocycles. The Morgan fingerprint density at radius 1 is 0.966 bits per heavy atom. The Labute approximate surface area is 173 Å². The Kier molecular flexibility index (Phi) is 6.24. The summed E-state index contributed by atoms with van der Waals surface area (Å²) in [6.45, 7) is 1.64. The second-order valence-electron chi connectivity index (χ2n) is 8.38. The van der Waals surface area contributed by atoms with E-state index in [0.29, 0.717) is 12.5 Å². The van der Waals surface area contributed by atoms with Gasteiger partial charge >= 0.3 is 0 Å². The fourth-order valence-electron chi connectivity index (χ4n) is 4.35. The molecular weight excluding hydrogens is 358 g/mol. The number of aryl methyl sites for hydroxylation is 1. The van der Waals surface area contributed by atoms with Crippen molar-refractivity contribution < 1.29 is 9.53 Å². The molecule has 4 rings (SSSR count). The minimum absolute atomic E-state index is 0.220. The molecule has 3 heteroatoms. The molecule has 1 saturated carbocycles. The number of aromatic nitrogens is 1. The van der Waals surface area contributed by atoms with Gasteiger partial charge in [0, 0.05) is 24.2 Å². The Morgan fingerprint density at radius 2 is 1.72 bits per heavy atom. The molecule has 0 N–H and O–H groups in total. The van der Waals surface area contributed by atoms with E-state index in [9.17, 15) is 4.79 Å². The van der Waals surface area contributed by atoms with Gasteiger partial charge in [-0.25, -0.2) is 0 Å². The number of ether oxygens (including phenoxy) is 1. The monoisotopic (exact) mass is 387 g/mol. The smallest absolute Gasteiger partial charge is 0.134 e. The first-order chi connectivity index (χ1) is 14.2. The van der Waals surface area contributed by atoms with E-state index in [1.165, 1.54) is 30.2 Å². The predicted molar refractivity (Wildman–Crippen MR) is 117 cm³/mol. The third-order valence-electron chi connectivity index (χ3n) is 6.03. The lowest BCUT2D eigenvalue weighted by Gasteiger charge is -2.29. The van der Waals surface area contributed by atoms with Gasteiger partial charge in [0.2, 0.25) is 0 Å². The van der Waals surface area contributed by atoms with Crippen molar-refractivity contribution in [2.45, 2.75) is 58.0 Å². The van der Waals surface area contributed by atoms with Crippen LogP contribution in [-0.2, 0) is 17.6 Å². The van der Waals surface area contributed by atoms with E-state index in [0.717, 1.165) is 41.9 Å². The second kappa shape index (κ2) is 9.21. The van der Waals surface area contributed by atoms with Crippen molar-refractivity contribution in [3.63, 3.8) is 0 Å². The molecule has 1 fully saturated rings. The minimum atomic E-state index is 0.220. The van der Waals surface area contributed by atoms with Gasteiger partial charge in [-0.1, -0.05) is 24.3 Å². The summed E-state index contributed by atoms with van der Waals surface area (Å²) in [7, 11) is 0. The molecule has 150 valence electrons. The van der Waals surface area contributed by atoms with Crippen LogP contribution in [0.25, 0.3) is 10.8 Å². The summed E-state index contributed by atoms with van der Waals surface area (Å²) in [5, 5.41) is 2.33. The van der Waals surface area contributed by atoms with Crippen molar-refractivity contribution in [1.82, 2.24) is 4.98 Å². The van der Waals surface area contributed by atoms with E-state index in [-0.39, 0.29) is 5.78 Å². The van der Waals surface area contributed by atoms with E-state index in [2.05, 4.69) is 47.4 Å². The molecule has 0 amide bonds. The Balaban J connectivity index is 1.23. The van der Waals surface area contributed by atoms with Crippen molar-refractivity contribution in [3.05, 3.63) is 72.1 Å². The number of hydrogen-bond donors (Lipinski definition) is 0. The highest BCUT2D eigenvalue weighted by atomic mass is 16.5. The van der Waals surface area contributed by atoms with Crippen LogP contribution in [0.3, 0.4) is 0 Å². The number of hydrogen-bond acceptors (Lipinski definition) is 3. The van der Waals surface area contributed by atoms with Crippen LogP contribution in [0.5, 0.6) is 5.75 Å². The third kappa shape index (κ3) is 5.44. The molecule has 1 aliphatic rings. The highest BCUT2D eigenvalue weighted by Gasteiger charge is 2.22. The zero-order valence-electron chi connectivity index (χ0n) is 17.1. The summed E-state index contributed by atoms with van der Waals surface area (Å²) in [5.74, 6) is 1.98. The number of fused-ring (bicyclic) bond motifs is 1. The zero-order valence-corrected chi connectivity index (χ0v) is 17.1. The summed E-state index contributed by atoms with van der Waals surface area (Å²) in [6.07, 6.45) is 11.7. The molecule has 0 atom stereocenters. The first-order valence-corrected chi connectivity index (χ1v) is 10.7. The topological polar surface area (TPSA) is 39.2 Å². The number of nitrogens with zero attached hydrogens (tertiary/aromatic N) is 1. The van der Waals surface area contributed by atoms with Crippen molar-refractivity contribution in [2.75, 3.05) is 0 Å². The number of carbonyl (C=O) groups is 1. The van der Waals surface area contributed by atoms with Crippen LogP contribution in [0.15, 0.2) is 60.9 Å². The van der Waals surface area contributed by atoms with Crippen molar-refractivity contribution >= 4 is 16.6 Å². The first kappa shape index (κ1) is 19.6. The van der Waals surface area contributed by atoms with E-state index in [4.69, 9.17) is 4.74 Å². The molecule has 3 aromatic rings. The summed E-state index contributed by atoms with van der Waals surface area (Å²) in [6, 6.07) is 16.9. The van der Waals surface area contributed by atoms with Gasteiger partial charge in [0.25, 0.3) is 0 Å². The van der Waals surface area contributed by atoms with Crippen LogP contribution in [0.2, 0.25) is 0 Å². The predicted octanol–water partition coefficient (Wildman–Crippen LogP) is 5.94. The van der Waals surface area contributed by atoms with Crippen molar-refractivity contribution in [1.29, 1.82) is 0 Å². The molecule has 3 nitrogen and oxygen atoms in total. The molecule has 0 spiro atoms. The molecule has 0 unspecified atom stereocenters. The molecule has 0 radical (unpaired) electrons. The summed E-state index contributed by atoms with van der Waals surface area (Å²) >= 11 is 0. The SMILES string of the molecule is CC(=O)Cc1ccc(CCC2CCC(Oc3ccc4cnccc4c3)CC2)cc1. The second-order valence-corrected chi connectivity index (χ2v) is 8.38. The van der Waals surface area contributed by atoms with Crippen molar-refractivity contribution in [2.24, 2.45) is 5.92 Å². The fraction of sp³-hybridized carbons (Fsp3) is 0.385. The van der Waals surface area contributed by atoms with Gasteiger partial charge in [0.05, 0.1) is 6.10 Å². The number of Topliss-reactive ketones (excluding diaryl/α,β-unsaturated/α-hetero) is 1. The molecular formula is C26H29NO2. The van der Waals surface area contributed by atoms with E-state index >= 15 is 0 Å². The fourth-order valence-corrected chi connectivity index (χ4v) is 4.35. The molecule has 1 aromatic heterocycles. The molecule has 0 aliphatic heterocycles. The van der Waals surface area contributed by atoms with Crippen LogP contribution < -0.4 is 4.74 Å². The average molecular weight is 388 g/mol. The van der Waals surface area contributed by atoms with Gasteiger partial charge in [0.15, 0.2) is 0 Å². The average Bonchev–Trinajstić information content (AvgIpc) is 2.74. The molecule has 29 heavy (non-hydrogen) atoms. The summed E-state index contributed by atoms with van der Waals surface area (Å²) in [4.78, 5) is 15.4. The van der Waals surface area contributed by atoms with Crippen LogP contribution in [0.1, 0.15) is 50.2 Å². The summed E-state index contributed by atoms with van der Waals surface area (Å²) in [5.41, 5.74) is 2.49. The normalized spacial score (nSPS) is 19.2. The highest BCUT2D eigenvalue weighted by Crippen LogP contribution is 2.31.